The van der Waals surface area contributed by atoms with Gasteiger partial charge in [-0.1, -0.05) is 11.6 Å². The van der Waals surface area contributed by atoms with Gasteiger partial charge in [-0.15, -0.1) is 0 Å². The van der Waals surface area contributed by atoms with Crippen LogP contribution in [0.4, 0.5) is 10.5 Å². The fourth-order valence-corrected chi connectivity index (χ4v) is 2.23. The second kappa shape index (κ2) is 7.25. The molecule has 1 rings (SSSR count). The minimum Gasteiger partial charge on any atom is -0.478 e. The summed E-state index contributed by atoms with van der Waals surface area (Å²) in [5.41, 5.74) is 0.172. The van der Waals surface area contributed by atoms with Crippen LogP contribution in [0.3, 0.4) is 0 Å². The molecule has 0 saturated heterocycles. The number of halogens is 1. The molecule has 0 fully saturated rings. The van der Waals surface area contributed by atoms with Crippen LogP contribution in [-0.4, -0.2) is 35.2 Å². The Morgan fingerprint density at radius 2 is 2.16 bits per heavy atom. The minimum atomic E-state index is -1.14. The van der Waals surface area contributed by atoms with Gasteiger partial charge in [0.25, 0.3) is 0 Å². The molecule has 0 heterocycles. The molecule has 2 amide bonds. The standard InChI is InChI=1S/C12H15ClN2O3S/c1-7(6-19-2)14-12(18)15-10-4-3-8(13)5-9(10)11(16)17/h3-5,7H,6H2,1-2H3,(H,16,17)(H2,14,15,18). The molecule has 1 aromatic rings. The van der Waals surface area contributed by atoms with Gasteiger partial charge in [-0.05, 0) is 31.4 Å². The average Bonchev–Trinajstić information content (AvgIpc) is 2.31. The number of carboxylic acids is 1. The van der Waals surface area contributed by atoms with Crippen LogP contribution in [0.15, 0.2) is 18.2 Å². The molecule has 0 aliphatic rings. The number of hydrogen-bond donors (Lipinski definition) is 3. The van der Waals surface area contributed by atoms with Crippen LogP contribution in [0.25, 0.3) is 0 Å². The van der Waals surface area contributed by atoms with Crippen LogP contribution in [0.2, 0.25) is 5.02 Å². The largest absolute Gasteiger partial charge is 0.478 e. The van der Waals surface area contributed by atoms with Crippen LogP contribution in [0, 0.1) is 0 Å². The van der Waals surface area contributed by atoms with Crippen molar-refractivity contribution in [3.05, 3.63) is 28.8 Å². The lowest BCUT2D eigenvalue weighted by Gasteiger charge is -2.14. The third-order valence-electron chi connectivity index (χ3n) is 2.25. The van der Waals surface area contributed by atoms with Crippen molar-refractivity contribution in [2.45, 2.75) is 13.0 Å². The number of benzene rings is 1. The van der Waals surface area contributed by atoms with Gasteiger partial charge in [-0.3, -0.25) is 0 Å². The first kappa shape index (κ1) is 15.7. The van der Waals surface area contributed by atoms with Gasteiger partial charge in [-0.25, -0.2) is 9.59 Å². The number of urea groups is 1. The SMILES string of the molecule is CSCC(C)NC(=O)Nc1ccc(Cl)cc1C(=O)O. The van der Waals surface area contributed by atoms with Crippen molar-refractivity contribution in [2.24, 2.45) is 0 Å². The Morgan fingerprint density at radius 3 is 2.74 bits per heavy atom. The van der Waals surface area contributed by atoms with E-state index in [0.717, 1.165) is 5.75 Å². The van der Waals surface area contributed by atoms with Gasteiger partial charge in [0.1, 0.15) is 0 Å². The molecule has 1 aromatic carbocycles. The van der Waals surface area contributed by atoms with Crippen molar-refractivity contribution >= 4 is 41.1 Å². The second-order valence-corrected chi connectivity index (χ2v) is 5.30. The third-order valence-corrected chi connectivity index (χ3v) is 3.32. The summed E-state index contributed by atoms with van der Waals surface area (Å²) in [4.78, 5) is 22.7. The predicted molar refractivity (Wildman–Crippen MR) is 78.4 cm³/mol. The van der Waals surface area contributed by atoms with E-state index >= 15 is 0 Å². The average molecular weight is 303 g/mol. The Bertz CT molecular complexity index is 482. The zero-order valence-electron chi connectivity index (χ0n) is 10.6. The maximum absolute atomic E-state index is 11.7. The molecule has 1 atom stereocenters. The summed E-state index contributed by atoms with van der Waals surface area (Å²) in [5.74, 6) is -0.366. The zero-order valence-corrected chi connectivity index (χ0v) is 12.1. The monoisotopic (exact) mass is 302 g/mol. The first-order valence-corrected chi connectivity index (χ1v) is 7.30. The van der Waals surface area contributed by atoms with Gasteiger partial charge in [0.05, 0.1) is 11.3 Å². The van der Waals surface area contributed by atoms with E-state index in [1.165, 1.54) is 18.2 Å². The summed E-state index contributed by atoms with van der Waals surface area (Å²) in [6.07, 6.45) is 1.94. The maximum atomic E-state index is 11.7. The fourth-order valence-electron chi connectivity index (χ4n) is 1.48. The summed E-state index contributed by atoms with van der Waals surface area (Å²) >= 11 is 7.34. The molecule has 0 spiro atoms. The number of nitrogens with one attached hydrogen (secondary N) is 2. The van der Waals surface area contributed by atoms with Crippen molar-refractivity contribution in [3.63, 3.8) is 0 Å². The van der Waals surface area contributed by atoms with Crippen LogP contribution in [0.5, 0.6) is 0 Å². The van der Waals surface area contributed by atoms with Crippen LogP contribution >= 0.6 is 23.4 Å². The molecule has 0 saturated carbocycles. The second-order valence-electron chi connectivity index (χ2n) is 3.95. The summed E-state index contributed by atoms with van der Waals surface area (Å²) in [5, 5.41) is 14.6. The summed E-state index contributed by atoms with van der Waals surface area (Å²) in [6, 6.07) is 3.84. The number of carbonyl (C=O) groups excluding carboxylic acids is 1. The number of anilines is 1. The highest BCUT2D eigenvalue weighted by Crippen LogP contribution is 2.20. The van der Waals surface area contributed by atoms with Gasteiger partial charge < -0.3 is 15.7 Å². The lowest BCUT2D eigenvalue weighted by atomic mass is 10.2. The highest BCUT2D eigenvalue weighted by molar-refractivity contribution is 7.98. The Labute approximate surface area is 120 Å². The van der Waals surface area contributed by atoms with E-state index in [1.807, 2.05) is 13.2 Å². The van der Waals surface area contributed by atoms with Crippen LogP contribution in [0.1, 0.15) is 17.3 Å². The van der Waals surface area contributed by atoms with Crippen molar-refractivity contribution in [1.29, 1.82) is 0 Å². The molecule has 3 N–H and O–H groups in total. The van der Waals surface area contributed by atoms with Gasteiger partial charge in [0.2, 0.25) is 0 Å². The van der Waals surface area contributed by atoms with E-state index in [9.17, 15) is 9.59 Å². The van der Waals surface area contributed by atoms with E-state index in [0.29, 0.717) is 5.02 Å². The molecule has 0 aliphatic heterocycles. The molecule has 5 nitrogen and oxygen atoms in total. The zero-order chi connectivity index (χ0) is 14.4. The van der Waals surface area contributed by atoms with Crippen LogP contribution < -0.4 is 10.6 Å². The van der Waals surface area contributed by atoms with E-state index in [2.05, 4.69) is 10.6 Å². The third kappa shape index (κ3) is 5.00. The molecule has 1 unspecified atom stereocenters. The van der Waals surface area contributed by atoms with Crippen molar-refractivity contribution < 1.29 is 14.7 Å². The van der Waals surface area contributed by atoms with E-state index in [4.69, 9.17) is 16.7 Å². The van der Waals surface area contributed by atoms with E-state index < -0.39 is 12.0 Å². The number of rotatable bonds is 5. The molecule has 19 heavy (non-hydrogen) atoms. The Balaban J connectivity index is 2.76. The lowest BCUT2D eigenvalue weighted by molar-refractivity contribution is 0.0698. The van der Waals surface area contributed by atoms with Crippen molar-refractivity contribution in [2.75, 3.05) is 17.3 Å². The van der Waals surface area contributed by atoms with E-state index in [-0.39, 0.29) is 17.3 Å². The quantitative estimate of drug-likeness (QED) is 0.781. The highest BCUT2D eigenvalue weighted by Gasteiger charge is 2.14. The first-order valence-electron chi connectivity index (χ1n) is 5.53. The molecule has 104 valence electrons. The number of thioether (sulfide) groups is 1. The molecule has 7 heteroatoms. The number of hydrogen-bond acceptors (Lipinski definition) is 3. The summed E-state index contributed by atoms with van der Waals surface area (Å²) in [6.45, 7) is 1.87. The lowest BCUT2D eigenvalue weighted by Crippen LogP contribution is -2.37. The molecule has 0 aliphatic carbocycles. The summed E-state index contributed by atoms with van der Waals surface area (Å²) in [7, 11) is 0. The van der Waals surface area contributed by atoms with Crippen molar-refractivity contribution in [1.82, 2.24) is 5.32 Å². The highest BCUT2D eigenvalue weighted by atomic mass is 35.5. The van der Waals surface area contributed by atoms with E-state index in [1.54, 1.807) is 11.8 Å². The molecule has 0 aromatic heterocycles. The van der Waals surface area contributed by atoms with Gasteiger partial charge >= 0.3 is 12.0 Å². The Kier molecular flexibility index (Phi) is 5.98. The molecule has 0 bridgehead atoms. The fraction of sp³-hybridized carbons (Fsp3) is 0.333. The van der Waals surface area contributed by atoms with Gasteiger partial charge in [0.15, 0.2) is 0 Å². The van der Waals surface area contributed by atoms with Crippen molar-refractivity contribution in [3.8, 4) is 0 Å². The predicted octanol–water partition coefficient (Wildman–Crippen LogP) is 2.91. The van der Waals surface area contributed by atoms with Gasteiger partial charge in [0, 0.05) is 16.8 Å². The van der Waals surface area contributed by atoms with Crippen LogP contribution in [-0.2, 0) is 0 Å². The Hall–Kier alpha value is -1.40. The maximum Gasteiger partial charge on any atom is 0.337 e. The number of amides is 2. The normalized spacial score (nSPS) is 11.7. The topological polar surface area (TPSA) is 78.4 Å². The first-order chi connectivity index (χ1) is 8.93. The number of carbonyl (C=O) groups is 2. The Morgan fingerprint density at radius 1 is 1.47 bits per heavy atom. The minimum absolute atomic E-state index is 0.00409. The number of carboxylic acid groups (broad SMARTS) is 1. The smallest absolute Gasteiger partial charge is 0.337 e. The molecule has 0 radical (unpaired) electrons. The number of aromatic carboxylic acids is 1. The molecular weight excluding hydrogens is 288 g/mol. The van der Waals surface area contributed by atoms with Gasteiger partial charge in [-0.2, -0.15) is 11.8 Å². The molecular formula is C12H15ClN2O3S. The summed E-state index contributed by atoms with van der Waals surface area (Å²) < 4.78 is 0.